The van der Waals surface area contributed by atoms with E-state index in [9.17, 15) is 28.8 Å². The Kier molecular flexibility index (Phi) is 12.2. The lowest BCUT2D eigenvalue weighted by Gasteiger charge is -2.43. The summed E-state index contributed by atoms with van der Waals surface area (Å²) in [4.78, 5) is 78.8. The number of carbonyl (C=O) groups excluding carboxylic acids is 6. The molecule has 2 aliphatic carbocycles. The second-order valence-electron chi connectivity index (χ2n) is 12.7. The van der Waals surface area contributed by atoms with Crippen molar-refractivity contribution in [1.82, 2.24) is 0 Å². The van der Waals surface area contributed by atoms with Gasteiger partial charge in [0.05, 0.1) is 12.0 Å². The van der Waals surface area contributed by atoms with Gasteiger partial charge in [0.15, 0.2) is 29.4 Å². The molecule has 9 atom stereocenters. The quantitative estimate of drug-likeness (QED) is 0.218. The first kappa shape index (κ1) is 36.8. The molecule has 5 unspecified atom stereocenters. The van der Waals surface area contributed by atoms with Gasteiger partial charge in [-0.3, -0.25) is 28.8 Å². The van der Waals surface area contributed by atoms with E-state index in [1.165, 1.54) is 6.92 Å². The van der Waals surface area contributed by atoms with Crippen molar-refractivity contribution in [2.75, 3.05) is 0 Å². The Hall–Kier alpha value is -3.34. The summed E-state index contributed by atoms with van der Waals surface area (Å²) in [5.41, 5.74) is -3.26. The van der Waals surface area contributed by atoms with E-state index in [1.807, 2.05) is 6.92 Å². The van der Waals surface area contributed by atoms with Crippen LogP contribution in [-0.4, -0.2) is 71.6 Å². The highest BCUT2D eigenvalue weighted by molar-refractivity contribution is 5.95. The number of hydrogen-bond donors (Lipinski definition) is 0. The summed E-state index contributed by atoms with van der Waals surface area (Å²) < 4.78 is 29.4. The maximum absolute atomic E-state index is 14.4. The van der Waals surface area contributed by atoms with Gasteiger partial charge in [0.25, 0.3) is 0 Å². The van der Waals surface area contributed by atoms with E-state index < -0.39 is 94.7 Å². The lowest BCUT2D eigenvalue weighted by Crippen LogP contribution is -2.58. The van der Waals surface area contributed by atoms with Crippen molar-refractivity contribution in [3.63, 3.8) is 0 Å². The fourth-order valence-corrected chi connectivity index (χ4v) is 6.36. The zero-order valence-corrected chi connectivity index (χ0v) is 27.6. The Morgan fingerprint density at radius 3 is 1.93 bits per heavy atom. The van der Waals surface area contributed by atoms with Crippen molar-refractivity contribution in [2.45, 2.75) is 125 Å². The molecule has 1 saturated carbocycles. The summed E-state index contributed by atoms with van der Waals surface area (Å²) in [7, 11) is 0. The Labute approximate surface area is 260 Å². The van der Waals surface area contributed by atoms with Crippen LogP contribution in [0.5, 0.6) is 0 Å². The van der Waals surface area contributed by atoms with Crippen LogP contribution < -0.4 is 0 Å². The van der Waals surface area contributed by atoms with E-state index in [4.69, 9.17) is 23.7 Å². The lowest BCUT2D eigenvalue weighted by atomic mass is 9.72. The van der Waals surface area contributed by atoms with E-state index in [0.717, 1.165) is 27.2 Å². The Bertz CT molecular complexity index is 1180. The van der Waals surface area contributed by atoms with Gasteiger partial charge in [0.1, 0.15) is 12.2 Å². The van der Waals surface area contributed by atoms with Gasteiger partial charge in [-0.2, -0.15) is 0 Å². The van der Waals surface area contributed by atoms with Gasteiger partial charge in [-0.15, -0.1) is 0 Å². The molecule has 0 bridgehead atoms. The molecule has 2 aliphatic rings. The molecule has 0 radical (unpaired) electrons. The van der Waals surface area contributed by atoms with E-state index in [2.05, 4.69) is 6.58 Å². The van der Waals surface area contributed by atoms with E-state index in [0.29, 0.717) is 6.42 Å². The van der Waals surface area contributed by atoms with Crippen LogP contribution in [0.15, 0.2) is 24.3 Å². The summed E-state index contributed by atoms with van der Waals surface area (Å²) in [6, 6.07) is 0. The third kappa shape index (κ3) is 8.22. The molecule has 0 aromatic heterocycles. The van der Waals surface area contributed by atoms with Gasteiger partial charge >= 0.3 is 23.9 Å². The summed E-state index contributed by atoms with van der Waals surface area (Å²) in [5, 5.41) is 0. The average molecular weight is 621 g/mol. The minimum Gasteiger partial charge on any atom is -0.462 e. The molecule has 0 aromatic rings. The normalized spacial score (nSPS) is 33.6. The topological polar surface area (TPSA) is 149 Å². The highest BCUT2D eigenvalue weighted by atomic mass is 16.6. The number of allylic oxidation sites excluding steroid dienone is 2. The first-order valence-corrected chi connectivity index (χ1v) is 15.1. The van der Waals surface area contributed by atoms with Crippen molar-refractivity contribution in [1.29, 1.82) is 0 Å². The molecule has 44 heavy (non-hydrogen) atoms. The van der Waals surface area contributed by atoms with Crippen molar-refractivity contribution in [2.24, 2.45) is 23.2 Å². The second-order valence-corrected chi connectivity index (χ2v) is 12.7. The van der Waals surface area contributed by atoms with E-state index in [-0.39, 0.29) is 12.0 Å². The van der Waals surface area contributed by atoms with Crippen molar-refractivity contribution < 1.29 is 52.5 Å². The van der Waals surface area contributed by atoms with Crippen molar-refractivity contribution in [3.05, 3.63) is 24.3 Å². The zero-order chi connectivity index (χ0) is 33.7. The number of fused-ring (bicyclic) bond motifs is 1. The van der Waals surface area contributed by atoms with E-state index in [1.54, 1.807) is 46.8 Å². The summed E-state index contributed by atoms with van der Waals surface area (Å²) in [5.74, 6) is -6.79. The number of carbonyl (C=O) groups is 6. The van der Waals surface area contributed by atoms with Crippen LogP contribution in [0.1, 0.15) is 88.5 Å². The number of esters is 4. The highest BCUT2D eigenvalue weighted by Gasteiger charge is 2.65. The molecule has 246 valence electrons. The maximum atomic E-state index is 14.4. The predicted octanol–water partition coefficient (Wildman–Crippen LogP) is 4.24. The number of ether oxygens (including phenoxy) is 5. The predicted molar refractivity (Wildman–Crippen MR) is 159 cm³/mol. The molecular weight excluding hydrogens is 572 g/mol. The average Bonchev–Trinajstić information content (AvgIpc) is 3.15. The molecule has 0 aromatic carbocycles. The van der Waals surface area contributed by atoms with Gasteiger partial charge in [-0.25, -0.2) is 0 Å². The van der Waals surface area contributed by atoms with Gasteiger partial charge in [0.2, 0.25) is 0 Å². The maximum Gasteiger partial charge on any atom is 0.303 e. The monoisotopic (exact) mass is 620 g/mol. The first-order valence-electron chi connectivity index (χ1n) is 15.1. The molecule has 0 saturated heterocycles. The molecule has 0 amide bonds. The summed E-state index contributed by atoms with van der Waals surface area (Å²) in [6.07, 6.45) is -1.55. The summed E-state index contributed by atoms with van der Waals surface area (Å²) >= 11 is 0. The molecular formula is C33H48O11. The molecule has 0 spiro atoms. The van der Waals surface area contributed by atoms with Crippen LogP contribution >= 0.6 is 0 Å². The van der Waals surface area contributed by atoms with Gasteiger partial charge in [-0.05, 0) is 33.1 Å². The van der Waals surface area contributed by atoms with Crippen LogP contribution in [0, 0.1) is 23.2 Å². The smallest absolute Gasteiger partial charge is 0.303 e. The zero-order valence-electron chi connectivity index (χ0n) is 27.6. The van der Waals surface area contributed by atoms with Crippen LogP contribution in [0.2, 0.25) is 0 Å². The Morgan fingerprint density at radius 1 is 0.886 bits per heavy atom. The minimum absolute atomic E-state index is 0.0642. The molecule has 11 nitrogen and oxygen atoms in total. The fraction of sp³-hybridized carbons (Fsp3) is 0.697. The molecule has 11 heteroatoms. The number of ketones is 2. The SMILES string of the molecule is C=C1C(OC(C)=O)[C@H]2C(OC(C)=O)[C@@H](C)CC2(OC(C)=O)C(=O)[C@@H](C)/C=C/C(C)(C)C(=O)[C@H](OC(C)CCC)C1OC(C)=O. The molecule has 1 fully saturated rings. The van der Waals surface area contributed by atoms with Crippen LogP contribution in [0.25, 0.3) is 0 Å². The van der Waals surface area contributed by atoms with Crippen LogP contribution in [-0.2, 0) is 52.5 Å². The number of rotatable bonds is 8. The van der Waals surface area contributed by atoms with Crippen LogP contribution in [0.4, 0.5) is 0 Å². The van der Waals surface area contributed by atoms with E-state index >= 15 is 0 Å². The second kappa shape index (κ2) is 14.6. The van der Waals surface area contributed by atoms with Gasteiger partial charge in [0, 0.05) is 51.0 Å². The largest absolute Gasteiger partial charge is 0.462 e. The highest BCUT2D eigenvalue weighted by Crippen LogP contribution is 2.51. The fourth-order valence-electron chi connectivity index (χ4n) is 6.36. The van der Waals surface area contributed by atoms with Crippen LogP contribution in [0.3, 0.4) is 0 Å². The molecule has 0 heterocycles. The summed E-state index contributed by atoms with van der Waals surface area (Å²) in [6.45, 7) is 19.1. The van der Waals surface area contributed by atoms with Crippen molar-refractivity contribution >= 4 is 35.4 Å². The van der Waals surface area contributed by atoms with Gasteiger partial charge in [-0.1, -0.05) is 45.9 Å². The van der Waals surface area contributed by atoms with Crippen molar-refractivity contribution in [3.8, 4) is 0 Å². The lowest BCUT2D eigenvalue weighted by molar-refractivity contribution is -0.187. The number of Topliss-reactive ketones (excluding diaryl/α,β-unsaturated/α-hetero) is 2. The Balaban J connectivity index is 3.05. The molecule has 2 rings (SSSR count). The number of hydrogen-bond acceptors (Lipinski definition) is 11. The third-order valence-electron chi connectivity index (χ3n) is 8.22. The van der Waals surface area contributed by atoms with Gasteiger partial charge < -0.3 is 23.7 Å². The third-order valence-corrected chi connectivity index (χ3v) is 8.22. The Morgan fingerprint density at radius 2 is 1.43 bits per heavy atom. The molecule has 0 N–H and O–H groups in total. The minimum atomic E-state index is -1.95. The standard InChI is InChI=1S/C33H48O11/c1-12-13-19(4)40-29-28(43-23(8)36)20(5)27(42-22(7)35)25-26(41-21(6)34)18(3)16-33(25,44-24(9)37)30(38)17(2)14-15-32(10,11)31(29)39/h14-15,17-19,25-29H,5,12-13,16H2,1-4,6-11H3/b15-14+/t17-,18-,19?,25+,26?,27?,28?,29+,33?/m0/s1. The first-order chi connectivity index (χ1) is 20.3. The molecule has 0 aliphatic heterocycles.